The zero-order valence-corrected chi connectivity index (χ0v) is 12.0. The van der Waals surface area contributed by atoms with Crippen LogP contribution >= 0.6 is 0 Å². The predicted octanol–water partition coefficient (Wildman–Crippen LogP) is 3.33. The van der Waals surface area contributed by atoms with Crippen molar-refractivity contribution in [1.82, 2.24) is 10.6 Å². The number of nitrogens with one attached hydrogen (secondary N) is 2. The standard InChI is InChI=1S/C14H27F3N2/c1-11(2)19-9-5-8-18-10-12-6-3-4-7-13(12)14(15,16)17/h11-13,18-19H,3-10H2,1-2H3. The molecule has 0 bridgehead atoms. The van der Waals surface area contributed by atoms with Gasteiger partial charge < -0.3 is 10.6 Å². The molecule has 0 aliphatic heterocycles. The summed E-state index contributed by atoms with van der Waals surface area (Å²) in [4.78, 5) is 0. The van der Waals surface area contributed by atoms with Crippen molar-refractivity contribution >= 4 is 0 Å². The fraction of sp³-hybridized carbons (Fsp3) is 1.00. The van der Waals surface area contributed by atoms with E-state index in [-0.39, 0.29) is 5.92 Å². The van der Waals surface area contributed by atoms with E-state index in [0.29, 0.717) is 25.4 Å². The smallest absolute Gasteiger partial charge is 0.316 e. The average molecular weight is 280 g/mol. The van der Waals surface area contributed by atoms with E-state index in [1.807, 2.05) is 0 Å². The fourth-order valence-electron chi connectivity index (χ4n) is 2.77. The summed E-state index contributed by atoms with van der Waals surface area (Å²) in [5.41, 5.74) is 0. The van der Waals surface area contributed by atoms with Crippen molar-refractivity contribution in [2.45, 2.75) is 58.2 Å². The SMILES string of the molecule is CC(C)NCCCNCC1CCCCC1C(F)(F)F. The van der Waals surface area contributed by atoms with Crippen LogP contribution in [0.25, 0.3) is 0 Å². The summed E-state index contributed by atoms with van der Waals surface area (Å²) in [6.45, 7) is 6.39. The maximum Gasteiger partial charge on any atom is 0.392 e. The van der Waals surface area contributed by atoms with Crippen LogP contribution in [0.1, 0.15) is 46.0 Å². The monoisotopic (exact) mass is 280 g/mol. The Morgan fingerprint density at radius 3 is 2.42 bits per heavy atom. The van der Waals surface area contributed by atoms with Gasteiger partial charge in [-0.1, -0.05) is 26.7 Å². The van der Waals surface area contributed by atoms with Gasteiger partial charge in [-0.3, -0.25) is 0 Å². The maximum atomic E-state index is 12.9. The van der Waals surface area contributed by atoms with Crippen LogP contribution in [-0.4, -0.2) is 31.9 Å². The van der Waals surface area contributed by atoms with Crippen LogP contribution in [0.5, 0.6) is 0 Å². The summed E-state index contributed by atoms with van der Waals surface area (Å²) in [5.74, 6) is -1.32. The van der Waals surface area contributed by atoms with Gasteiger partial charge in [-0.05, 0) is 44.8 Å². The second-order valence-corrected chi connectivity index (χ2v) is 5.86. The van der Waals surface area contributed by atoms with Crippen molar-refractivity contribution in [2.75, 3.05) is 19.6 Å². The molecule has 0 heterocycles. The Kier molecular flexibility index (Phi) is 7.15. The van der Waals surface area contributed by atoms with E-state index in [9.17, 15) is 13.2 Å². The first-order valence-electron chi connectivity index (χ1n) is 7.42. The van der Waals surface area contributed by atoms with Gasteiger partial charge in [0, 0.05) is 6.04 Å². The van der Waals surface area contributed by atoms with Gasteiger partial charge in [0.15, 0.2) is 0 Å². The largest absolute Gasteiger partial charge is 0.392 e. The molecule has 0 saturated heterocycles. The summed E-state index contributed by atoms with van der Waals surface area (Å²) in [5, 5.41) is 6.49. The molecule has 2 unspecified atom stereocenters. The van der Waals surface area contributed by atoms with Crippen molar-refractivity contribution in [2.24, 2.45) is 11.8 Å². The molecule has 2 nitrogen and oxygen atoms in total. The minimum absolute atomic E-state index is 0.230. The third-order valence-corrected chi connectivity index (χ3v) is 3.82. The highest BCUT2D eigenvalue weighted by molar-refractivity contribution is 4.81. The van der Waals surface area contributed by atoms with Gasteiger partial charge in [-0.2, -0.15) is 13.2 Å². The molecule has 0 spiro atoms. The Bertz CT molecular complexity index is 241. The Morgan fingerprint density at radius 2 is 1.79 bits per heavy atom. The first-order valence-corrected chi connectivity index (χ1v) is 7.42. The minimum atomic E-state index is -4.02. The van der Waals surface area contributed by atoms with Crippen molar-refractivity contribution < 1.29 is 13.2 Å². The van der Waals surface area contributed by atoms with Crippen LogP contribution < -0.4 is 10.6 Å². The molecule has 0 aromatic rings. The average Bonchev–Trinajstić information content (AvgIpc) is 2.32. The third-order valence-electron chi connectivity index (χ3n) is 3.82. The molecule has 1 aliphatic rings. The molecule has 1 rings (SSSR count). The van der Waals surface area contributed by atoms with Gasteiger partial charge in [0.2, 0.25) is 0 Å². The molecule has 2 atom stereocenters. The van der Waals surface area contributed by atoms with E-state index >= 15 is 0 Å². The van der Waals surface area contributed by atoms with Crippen molar-refractivity contribution in [3.63, 3.8) is 0 Å². The summed E-state index contributed by atoms with van der Waals surface area (Å²) >= 11 is 0. The van der Waals surface area contributed by atoms with Gasteiger partial charge in [-0.25, -0.2) is 0 Å². The quantitative estimate of drug-likeness (QED) is 0.699. The highest BCUT2D eigenvalue weighted by Crippen LogP contribution is 2.41. The molecular formula is C14H27F3N2. The van der Waals surface area contributed by atoms with Gasteiger partial charge in [0.1, 0.15) is 0 Å². The van der Waals surface area contributed by atoms with Gasteiger partial charge in [0.25, 0.3) is 0 Å². The Labute approximate surface area is 114 Å². The number of hydrogen-bond acceptors (Lipinski definition) is 2. The first-order chi connectivity index (χ1) is 8.91. The van der Waals surface area contributed by atoms with E-state index < -0.39 is 12.1 Å². The van der Waals surface area contributed by atoms with Crippen LogP contribution in [0.2, 0.25) is 0 Å². The van der Waals surface area contributed by atoms with Crippen molar-refractivity contribution in [3.8, 4) is 0 Å². The highest BCUT2D eigenvalue weighted by atomic mass is 19.4. The van der Waals surface area contributed by atoms with E-state index in [1.165, 1.54) is 0 Å². The van der Waals surface area contributed by atoms with Gasteiger partial charge >= 0.3 is 6.18 Å². The molecule has 1 saturated carbocycles. The molecule has 0 amide bonds. The highest BCUT2D eigenvalue weighted by Gasteiger charge is 2.44. The Balaban J connectivity index is 2.19. The van der Waals surface area contributed by atoms with Crippen LogP contribution in [0, 0.1) is 11.8 Å². The summed E-state index contributed by atoms with van der Waals surface area (Å²) in [6, 6.07) is 0.466. The fourth-order valence-corrected chi connectivity index (χ4v) is 2.77. The molecule has 1 aliphatic carbocycles. The maximum absolute atomic E-state index is 12.9. The molecule has 2 N–H and O–H groups in total. The second-order valence-electron chi connectivity index (χ2n) is 5.86. The molecule has 0 aromatic carbocycles. The normalized spacial score (nSPS) is 24.9. The molecule has 0 aromatic heterocycles. The molecule has 5 heteroatoms. The topological polar surface area (TPSA) is 24.1 Å². The van der Waals surface area contributed by atoms with Crippen molar-refractivity contribution in [3.05, 3.63) is 0 Å². The Morgan fingerprint density at radius 1 is 1.11 bits per heavy atom. The molecule has 0 radical (unpaired) electrons. The van der Waals surface area contributed by atoms with E-state index in [0.717, 1.165) is 32.4 Å². The van der Waals surface area contributed by atoms with Crippen LogP contribution in [0.3, 0.4) is 0 Å². The zero-order chi connectivity index (χ0) is 14.3. The lowest BCUT2D eigenvalue weighted by Crippen LogP contribution is -2.39. The summed E-state index contributed by atoms with van der Waals surface area (Å²) < 4.78 is 38.6. The van der Waals surface area contributed by atoms with Crippen LogP contribution in [0.15, 0.2) is 0 Å². The van der Waals surface area contributed by atoms with E-state index in [4.69, 9.17) is 0 Å². The second kappa shape index (κ2) is 8.10. The molecular weight excluding hydrogens is 253 g/mol. The first kappa shape index (κ1) is 16.8. The van der Waals surface area contributed by atoms with Crippen LogP contribution in [0.4, 0.5) is 13.2 Å². The number of halogens is 3. The molecule has 19 heavy (non-hydrogen) atoms. The Hall–Kier alpha value is -0.290. The summed E-state index contributed by atoms with van der Waals surface area (Å²) in [7, 11) is 0. The lowest BCUT2D eigenvalue weighted by Gasteiger charge is -2.33. The number of rotatable bonds is 7. The number of alkyl halides is 3. The lowest BCUT2D eigenvalue weighted by atomic mass is 9.78. The van der Waals surface area contributed by atoms with Gasteiger partial charge in [0.05, 0.1) is 5.92 Å². The van der Waals surface area contributed by atoms with Gasteiger partial charge in [-0.15, -0.1) is 0 Å². The predicted molar refractivity (Wildman–Crippen MR) is 72.1 cm³/mol. The van der Waals surface area contributed by atoms with E-state index in [1.54, 1.807) is 0 Å². The number of hydrogen-bond donors (Lipinski definition) is 2. The third kappa shape index (κ3) is 6.61. The van der Waals surface area contributed by atoms with Crippen LogP contribution in [-0.2, 0) is 0 Å². The van der Waals surface area contributed by atoms with E-state index in [2.05, 4.69) is 24.5 Å². The minimum Gasteiger partial charge on any atom is -0.316 e. The lowest BCUT2D eigenvalue weighted by molar-refractivity contribution is -0.195. The zero-order valence-electron chi connectivity index (χ0n) is 12.0. The van der Waals surface area contributed by atoms with Crippen molar-refractivity contribution in [1.29, 1.82) is 0 Å². The molecule has 1 fully saturated rings. The summed E-state index contributed by atoms with van der Waals surface area (Å²) in [6.07, 6.45) is -0.382. The molecule has 114 valence electrons.